The van der Waals surface area contributed by atoms with E-state index >= 15 is 0 Å². The van der Waals surface area contributed by atoms with Crippen LogP contribution in [-0.4, -0.2) is 20.1 Å². The number of amides is 1. The highest BCUT2D eigenvalue weighted by Crippen LogP contribution is 2.50. The third-order valence-electron chi connectivity index (χ3n) is 4.76. The average Bonchev–Trinajstić information content (AvgIpc) is 3.39. The van der Waals surface area contributed by atoms with Crippen molar-refractivity contribution in [3.8, 4) is 11.5 Å². The Morgan fingerprint density at radius 3 is 2.33 bits per heavy atom. The zero-order valence-electron chi connectivity index (χ0n) is 14.6. The van der Waals surface area contributed by atoms with Crippen LogP contribution in [0.25, 0.3) is 0 Å². The summed E-state index contributed by atoms with van der Waals surface area (Å²) in [5.41, 5.74) is 3.59. The maximum Gasteiger partial charge on any atom is 0.235 e. The molecular weight excluding hydrogens is 302 g/mol. The molecule has 1 aliphatic carbocycles. The molecule has 0 spiro atoms. The molecule has 126 valence electrons. The first-order chi connectivity index (χ1) is 11.5. The minimum absolute atomic E-state index is 0.0448. The van der Waals surface area contributed by atoms with E-state index in [9.17, 15) is 4.79 Å². The van der Waals surface area contributed by atoms with E-state index in [-0.39, 0.29) is 5.91 Å². The van der Waals surface area contributed by atoms with Gasteiger partial charge in [-0.05, 0) is 61.6 Å². The Labute approximate surface area is 142 Å². The predicted octanol–water partition coefficient (Wildman–Crippen LogP) is 3.99. The van der Waals surface area contributed by atoms with Gasteiger partial charge in [-0.15, -0.1) is 0 Å². The topological polar surface area (TPSA) is 47.6 Å². The summed E-state index contributed by atoms with van der Waals surface area (Å²) < 4.78 is 10.7. The van der Waals surface area contributed by atoms with Crippen LogP contribution < -0.4 is 14.8 Å². The fourth-order valence-electron chi connectivity index (χ4n) is 3.02. The summed E-state index contributed by atoms with van der Waals surface area (Å²) in [6.07, 6.45) is 1.69. The van der Waals surface area contributed by atoms with Gasteiger partial charge in [-0.1, -0.05) is 18.2 Å². The van der Waals surface area contributed by atoms with Crippen molar-refractivity contribution in [1.82, 2.24) is 0 Å². The summed E-state index contributed by atoms with van der Waals surface area (Å²) in [5.74, 6) is 1.37. The molecule has 1 amide bonds. The number of hydrogen-bond acceptors (Lipinski definition) is 3. The van der Waals surface area contributed by atoms with Gasteiger partial charge in [0.05, 0.1) is 19.6 Å². The smallest absolute Gasteiger partial charge is 0.235 e. The Kier molecular flexibility index (Phi) is 4.22. The molecule has 24 heavy (non-hydrogen) atoms. The van der Waals surface area contributed by atoms with Crippen LogP contribution in [0.5, 0.6) is 11.5 Å². The monoisotopic (exact) mass is 325 g/mol. The second kappa shape index (κ2) is 6.19. The number of benzene rings is 2. The lowest BCUT2D eigenvalue weighted by Gasteiger charge is -2.19. The Balaban J connectivity index is 1.88. The molecule has 1 N–H and O–H groups in total. The molecular formula is C20H23NO3. The number of hydrogen-bond donors (Lipinski definition) is 1. The lowest BCUT2D eigenvalue weighted by atomic mass is 9.94. The molecule has 0 bridgehead atoms. The van der Waals surface area contributed by atoms with Gasteiger partial charge in [-0.2, -0.15) is 0 Å². The predicted molar refractivity (Wildman–Crippen MR) is 95.0 cm³/mol. The van der Waals surface area contributed by atoms with Crippen molar-refractivity contribution < 1.29 is 14.3 Å². The molecule has 4 nitrogen and oxygen atoms in total. The quantitative estimate of drug-likeness (QED) is 0.904. The molecule has 1 aliphatic rings. The molecule has 0 saturated heterocycles. The summed E-state index contributed by atoms with van der Waals surface area (Å²) >= 11 is 0. The van der Waals surface area contributed by atoms with Crippen molar-refractivity contribution in [1.29, 1.82) is 0 Å². The van der Waals surface area contributed by atoms with E-state index in [2.05, 4.69) is 5.32 Å². The maximum atomic E-state index is 12.9. The second-order valence-electron chi connectivity index (χ2n) is 6.42. The lowest BCUT2D eigenvalue weighted by molar-refractivity contribution is -0.118. The number of nitrogens with one attached hydrogen (secondary N) is 1. The van der Waals surface area contributed by atoms with E-state index in [0.29, 0.717) is 11.5 Å². The summed E-state index contributed by atoms with van der Waals surface area (Å²) in [4.78, 5) is 12.9. The molecule has 1 saturated carbocycles. The van der Waals surface area contributed by atoms with Crippen LogP contribution in [0.2, 0.25) is 0 Å². The zero-order chi connectivity index (χ0) is 17.3. The molecule has 2 aromatic carbocycles. The first-order valence-corrected chi connectivity index (χ1v) is 8.11. The second-order valence-corrected chi connectivity index (χ2v) is 6.42. The number of aryl methyl sites for hydroxylation is 2. The first kappa shape index (κ1) is 16.4. The van der Waals surface area contributed by atoms with Gasteiger partial charge in [-0.25, -0.2) is 0 Å². The summed E-state index contributed by atoms with van der Waals surface area (Å²) in [5, 5.41) is 3.11. The molecule has 0 radical (unpaired) electrons. The molecule has 0 atom stereocenters. The van der Waals surface area contributed by atoms with Crippen molar-refractivity contribution in [2.75, 3.05) is 19.5 Å². The van der Waals surface area contributed by atoms with Crippen molar-refractivity contribution in [2.45, 2.75) is 32.1 Å². The number of carbonyl (C=O) groups excluding carboxylic acids is 1. The average molecular weight is 325 g/mol. The fraction of sp³-hybridized carbons (Fsp3) is 0.350. The molecule has 0 heterocycles. The fourth-order valence-corrected chi connectivity index (χ4v) is 3.02. The molecule has 1 fully saturated rings. The largest absolute Gasteiger partial charge is 0.493 e. The van der Waals surface area contributed by atoms with Crippen LogP contribution in [0.15, 0.2) is 36.4 Å². The molecule has 4 heteroatoms. The van der Waals surface area contributed by atoms with Gasteiger partial charge in [0.15, 0.2) is 11.5 Å². The van der Waals surface area contributed by atoms with Crippen molar-refractivity contribution >= 4 is 11.6 Å². The number of methoxy groups -OCH3 is 2. The summed E-state index contributed by atoms with van der Waals surface area (Å²) in [6.45, 7) is 4.03. The standard InChI is InChI=1S/C20H23NO3/c1-13-5-6-14(2)16(11-13)21-19(22)20(9-10-20)15-7-8-17(23-3)18(12-15)24-4/h5-8,11-12H,9-10H2,1-4H3,(H,21,22). The van der Waals surface area contributed by atoms with Crippen LogP contribution in [0, 0.1) is 13.8 Å². The summed E-state index contributed by atoms with van der Waals surface area (Å²) in [7, 11) is 3.22. The van der Waals surface area contributed by atoms with Crippen molar-refractivity contribution in [3.63, 3.8) is 0 Å². The Bertz CT molecular complexity index is 778. The Morgan fingerprint density at radius 1 is 1.00 bits per heavy atom. The van der Waals surface area contributed by atoms with Crippen LogP contribution in [-0.2, 0) is 10.2 Å². The molecule has 3 rings (SSSR count). The van der Waals surface area contributed by atoms with Gasteiger partial charge in [0.1, 0.15) is 0 Å². The van der Waals surface area contributed by atoms with Gasteiger partial charge in [0.2, 0.25) is 5.91 Å². The number of rotatable bonds is 5. The highest BCUT2D eigenvalue weighted by atomic mass is 16.5. The van der Waals surface area contributed by atoms with Gasteiger partial charge in [0, 0.05) is 5.69 Å². The number of anilines is 1. The van der Waals surface area contributed by atoms with E-state index in [1.807, 2.05) is 50.2 Å². The zero-order valence-corrected chi connectivity index (χ0v) is 14.6. The Morgan fingerprint density at radius 2 is 1.71 bits per heavy atom. The van der Waals surface area contributed by atoms with Crippen molar-refractivity contribution in [3.05, 3.63) is 53.1 Å². The third kappa shape index (κ3) is 2.84. The first-order valence-electron chi connectivity index (χ1n) is 8.11. The van der Waals surface area contributed by atoms with E-state index in [1.165, 1.54) is 0 Å². The van der Waals surface area contributed by atoms with E-state index in [1.54, 1.807) is 14.2 Å². The van der Waals surface area contributed by atoms with E-state index < -0.39 is 5.41 Å². The van der Waals surface area contributed by atoms with Crippen LogP contribution in [0.3, 0.4) is 0 Å². The Hall–Kier alpha value is -2.49. The number of carbonyl (C=O) groups is 1. The maximum absolute atomic E-state index is 12.9. The third-order valence-corrected chi connectivity index (χ3v) is 4.76. The van der Waals surface area contributed by atoms with Gasteiger partial charge >= 0.3 is 0 Å². The van der Waals surface area contributed by atoms with E-state index in [4.69, 9.17) is 9.47 Å². The molecule has 0 aliphatic heterocycles. The normalized spacial score (nSPS) is 14.8. The van der Waals surface area contributed by atoms with Gasteiger partial charge in [-0.3, -0.25) is 4.79 Å². The van der Waals surface area contributed by atoms with E-state index in [0.717, 1.165) is 35.2 Å². The number of ether oxygens (including phenoxy) is 2. The van der Waals surface area contributed by atoms with Gasteiger partial charge < -0.3 is 14.8 Å². The highest BCUT2D eigenvalue weighted by Gasteiger charge is 2.51. The minimum atomic E-state index is -0.463. The minimum Gasteiger partial charge on any atom is -0.493 e. The lowest BCUT2D eigenvalue weighted by Crippen LogP contribution is -2.28. The van der Waals surface area contributed by atoms with Gasteiger partial charge in [0.25, 0.3) is 0 Å². The van der Waals surface area contributed by atoms with Crippen molar-refractivity contribution in [2.24, 2.45) is 0 Å². The highest BCUT2D eigenvalue weighted by molar-refractivity contribution is 6.02. The van der Waals surface area contributed by atoms with Crippen LogP contribution in [0.1, 0.15) is 29.5 Å². The van der Waals surface area contributed by atoms with Crippen LogP contribution in [0.4, 0.5) is 5.69 Å². The van der Waals surface area contributed by atoms with Crippen LogP contribution >= 0.6 is 0 Å². The summed E-state index contributed by atoms with van der Waals surface area (Å²) in [6, 6.07) is 11.8. The SMILES string of the molecule is COc1ccc(C2(C(=O)Nc3cc(C)ccc3C)CC2)cc1OC. The molecule has 0 unspecified atom stereocenters. The molecule has 0 aromatic heterocycles. The molecule has 2 aromatic rings.